The van der Waals surface area contributed by atoms with Gasteiger partial charge in [-0.15, -0.1) is 0 Å². The number of carbonyl (C=O) groups excluding carboxylic acids is 1. The molecule has 2 aromatic rings. The number of benzene rings is 2. The van der Waals surface area contributed by atoms with Crippen molar-refractivity contribution in [1.82, 2.24) is 10.9 Å². The maximum absolute atomic E-state index is 13.5. The fourth-order valence-corrected chi connectivity index (χ4v) is 4.21. The molecule has 8 heteroatoms. The largest absolute Gasteiger partial charge is 0.494 e. The van der Waals surface area contributed by atoms with Gasteiger partial charge in [0.2, 0.25) is 5.90 Å². The lowest BCUT2D eigenvalue weighted by Crippen LogP contribution is -2.56. The number of aliphatic hydroxyl groups is 1. The summed E-state index contributed by atoms with van der Waals surface area (Å²) in [5, 5.41) is 8.91. The van der Waals surface area contributed by atoms with E-state index in [1.807, 2.05) is 55.5 Å². The monoisotopic (exact) mass is 515 g/mol. The van der Waals surface area contributed by atoms with Gasteiger partial charge in [-0.05, 0) is 61.6 Å². The molecule has 7 nitrogen and oxygen atoms in total. The van der Waals surface area contributed by atoms with Gasteiger partial charge in [0.15, 0.2) is 5.54 Å². The molecule has 176 valence electrons. The molecular formula is C25H30BrN3O4. The second-order valence-corrected chi connectivity index (χ2v) is 9.45. The lowest BCUT2D eigenvalue weighted by Gasteiger charge is -2.28. The number of aliphatic hydroxyl groups excluding tert-OH is 1. The molecule has 1 amide bonds. The van der Waals surface area contributed by atoms with E-state index >= 15 is 0 Å². The van der Waals surface area contributed by atoms with Crippen LogP contribution in [0.1, 0.15) is 37.3 Å². The van der Waals surface area contributed by atoms with Crippen molar-refractivity contribution in [2.75, 3.05) is 19.8 Å². The van der Waals surface area contributed by atoms with E-state index in [1.54, 1.807) is 0 Å². The van der Waals surface area contributed by atoms with Gasteiger partial charge in [-0.1, -0.05) is 34.1 Å². The third-order valence-corrected chi connectivity index (χ3v) is 6.81. The normalized spacial score (nSPS) is 21.9. The minimum Gasteiger partial charge on any atom is -0.494 e. The summed E-state index contributed by atoms with van der Waals surface area (Å²) in [4.78, 5) is 18.3. The average Bonchev–Trinajstić information content (AvgIpc) is 3.58. The summed E-state index contributed by atoms with van der Waals surface area (Å²) in [6.45, 7) is 3.20. The van der Waals surface area contributed by atoms with Crippen LogP contribution < -0.4 is 15.6 Å². The Hall–Kier alpha value is -2.42. The number of hydrogen-bond donors (Lipinski definition) is 3. The van der Waals surface area contributed by atoms with Crippen molar-refractivity contribution in [1.29, 1.82) is 0 Å². The molecule has 1 saturated carbocycles. The molecule has 0 spiro atoms. The zero-order valence-corrected chi connectivity index (χ0v) is 20.3. The molecule has 0 radical (unpaired) electrons. The van der Waals surface area contributed by atoms with E-state index < -0.39 is 11.6 Å². The van der Waals surface area contributed by atoms with E-state index in [1.165, 1.54) is 12.8 Å². The number of ether oxygens (including phenoxy) is 2. The van der Waals surface area contributed by atoms with Crippen LogP contribution in [-0.4, -0.2) is 48.3 Å². The van der Waals surface area contributed by atoms with Crippen molar-refractivity contribution in [3.05, 3.63) is 64.1 Å². The molecule has 1 fully saturated rings. The predicted molar refractivity (Wildman–Crippen MR) is 130 cm³/mol. The first-order chi connectivity index (χ1) is 16.0. The third kappa shape index (κ3) is 5.75. The number of hydrogen-bond acceptors (Lipinski definition) is 6. The number of halogens is 1. The molecule has 2 aromatic carbocycles. The molecule has 1 aliphatic carbocycles. The molecule has 0 unspecified atom stereocenters. The van der Waals surface area contributed by atoms with Gasteiger partial charge in [-0.3, -0.25) is 10.2 Å². The maximum atomic E-state index is 13.5. The molecule has 0 aromatic heterocycles. The summed E-state index contributed by atoms with van der Waals surface area (Å²) >= 11 is 3.60. The van der Waals surface area contributed by atoms with E-state index in [0.717, 1.165) is 22.1 Å². The highest BCUT2D eigenvalue weighted by Gasteiger charge is 2.50. The Morgan fingerprint density at radius 2 is 2.00 bits per heavy atom. The Balaban J connectivity index is 1.57. The topological polar surface area (TPSA) is 92.2 Å². The summed E-state index contributed by atoms with van der Waals surface area (Å²) in [6.07, 6.45) is 2.93. The van der Waals surface area contributed by atoms with Crippen molar-refractivity contribution < 1.29 is 19.4 Å². The van der Waals surface area contributed by atoms with Crippen LogP contribution in [0, 0.1) is 5.92 Å². The summed E-state index contributed by atoms with van der Waals surface area (Å²) in [6, 6.07) is 15.3. The van der Waals surface area contributed by atoms with Crippen LogP contribution in [0.15, 0.2) is 58.0 Å². The Labute approximate surface area is 202 Å². The highest BCUT2D eigenvalue weighted by atomic mass is 79.9. The van der Waals surface area contributed by atoms with Crippen LogP contribution in [0.5, 0.6) is 5.75 Å². The van der Waals surface area contributed by atoms with E-state index in [-0.39, 0.29) is 12.5 Å². The van der Waals surface area contributed by atoms with Crippen molar-refractivity contribution in [3.8, 4) is 5.75 Å². The molecule has 2 atom stereocenters. The molecule has 0 bridgehead atoms. The molecular weight excluding hydrogens is 486 g/mol. The van der Waals surface area contributed by atoms with E-state index in [0.29, 0.717) is 37.0 Å². The summed E-state index contributed by atoms with van der Waals surface area (Å²) in [7, 11) is 0. The van der Waals surface area contributed by atoms with Gasteiger partial charge in [0, 0.05) is 36.0 Å². The van der Waals surface area contributed by atoms with E-state index in [9.17, 15) is 4.79 Å². The minimum atomic E-state index is -1.11. The zero-order valence-electron chi connectivity index (χ0n) is 18.7. The Morgan fingerprint density at radius 1 is 1.24 bits per heavy atom. The van der Waals surface area contributed by atoms with Gasteiger partial charge in [-0.25, -0.2) is 10.4 Å². The van der Waals surface area contributed by atoms with Crippen molar-refractivity contribution in [2.45, 2.75) is 44.2 Å². The first-order valence-corrected chi connectivity index (χ1v) is 12.2. The number of nitrogens with one attached hydrogen (secondary N) is 2. The standard InChI is InChI=1S/C25H30BrN3O4/c1-17-25(15-20-5-2-3-6-22(20)26,24(31)29-27-16-18-7-8-18)28-23(33-17)19-9-11-21(12-10-19)32-14-4-13-30/h2-3,5-6,9-12,17-18,27,30H,4,7-8,13-16H2,1H3,(H,29,31)/t17-,25-/m0/s1. The Morgan fingerprint density at radius 3 is 2.70 bits per heavy atom. The molecule has 1 aliphatic heterocycles. The highest BCUT2D eigenvalue weighted by Crippen LogP contribution is 2.34. The highest BCUT2D eigenvalue weighted by molar-refractivity contribution is 9.10. The third-order valence-electron chi connectivity index (χ3n) is 6.04. The summed E-state index contributed by atoms with van der Waals surface area (Å²) in [5.74, 6) is 1.58. The smallest absolute Gasteiger partial charge is 0.266 e. The number of aliphatic imine (C=N–C) groups is 1. The molecule has 33 heavy (non-hydrogen) atoms. The van der Waals surface area contributed by atoms with Gasteiger partial charge < -0.3 is 14.6 Å². The quantitative estimate of drug-likeness (QED) is 0.315. The van der Waals surface area contributed by atoms with Crippen LogP contribution in [0.3, 0.4) is 0 Å². The zero-order chi connectivity index (χ0) is 23.3. The SMILES string of the molecule is C[C@@H]1OC(c2ccc(OCCCO)cc2)=N[C@]1(Cc1ccccc1Br)C(=O)NNCC1CC1. The van der Waals surface area contributed by atoms with E-state index in [2.05, 4.69) is 26.8 Å². The molecule has 4 rings (SSSR count). The molecule has 2 aliphatic rings. The Bertz CT molecular complexity index is 993. The van der Waals surface area contributed by atoms with Crippen LogP contribution >= 0.6 is 15.9 Å². The molecule has 0 saturated heterocycles. The average molecular weight is 516 g/mol. The minimum absolute atomic E-state index is 0.0950. The number of nitrogens with zero attached hydrogens (tertiary/aromatic N) is 1. The second kappa shape index (κ2) is 10.7. The van der Waals surface area contributed by atoms with Crippen molar-refractivity contribution >= 4 is 27.7 Å². The first kappa shape index (κ1) is 23.7. The van der Waals surface area contributed by atoms with Gasteiger partial charge in [-0.2, -0.15) is 0 Å². The number of carbonyl (C=O) groups is 1. The lowest BCUT2D eigenvalue weighted by atomic mass is 9.86. The first-order valence-electron chi connectivity index (χ1n) is 11.4. The van der Waals surface area contributed by atoms with Gasteiger partial charge in [0.05, 0.1) is 6.61 Å². The fourth-order valence-electron chi connectivity index (χ4n) is 3.78. The van der Waals surface area contributed by atoms with Gasteiger partial charge in [0.1, 0.15) is 11.9 Å². The van der Waals surface area contributed by atoms with Gasteiger partial charge in [0.25, 0.3) is 5.91 Å². The van der Waals surface area contributed by atoms with Crippen LogP contribution in [-0.2, 0) is 16.0 Å². The summed E-state index contributed by atoms with van der Waals surface area (Å²) < 4.78 is 12.7. The predicted octanol–water partition coefficient (Wildman–Crippen LogP) is 3.39. The molecule has 3 N–H and O–H groups in total. The maximum Gasteiger partial charge on any atom is 0.266 e. The fraction of sp³-hybridized carbons (Fsp3) is 0.440. The summed E-state index contributed by atoms with van der Waals surface area (Å²) in [5.41, 5.74) is 6.64. The van der Waals surface area contributed by atoms with Crippen LogP contribution in [0.2, 0.25) is 0 Å². The van der Waals surface area contributed by atoms with E-state index in [4.69, 9.17) is 19.6 Å². The second-order valence-electron chi connectivity index (χ2n) is 8.60. The molecule has 1 heterocycles. The van der Waals surface area contributed by atoms with Gasteiger partial charge >= 0.3 is 0 Å². The number of hydrazine groups is 1. The van der Waals surface area contributed by atoms with Crippen molar-refractivity contribution in [3.63, 3.8) is 0 Å². The number of rotatable bonds is 11. The van der Waals surface area contributed by atoms with Crippen LogP contribution in [0.25, 0.3) is 0 Å². The van der Waals surface area contributed by atoms with Crippen LogP contribution in [0.4, 0.5) is 0 Å². The lowest BCUT2D eigenvalue weighted by molar-refractivity contribution is -0.129. The Kier molecular flexibility index (Phi) is 7.67. The number of amides is 1. The van der Waals surface area contributed by atoms with Crippen molar-refractivity contribution in [2.24, 2.45) is 10.9 Å².